The summed E-state index contributed by atoms with van der Waals surface area (Å²) in [6.07, 6.45) is 1.98. The highest BCUT2D eigenvalue weighted by Crippen LogP contribution is 2.31. The number of benzene rings is 1. The van der Waals surface area contributed by atoms with Gasteiger partial charge in [-0.3, -0.25) is 9.59 Å². The van der Waals surface area contributed by atoms with Crippen LogP contribution in [0.1, 0.15) is 52.8 Å². The number of hydrogen-bond acceptors (Lipinski definition) is 5. The van der Waals surface area contributed by atoms with Crippen molar-refractivity contribution in [3.05, 3.63) is 45.7 Å². The van der Waals surface area contributed by atoms with Gasteiger partial charge >= 0.3 is 5.97 Å². The fraction of sp³-hybridized carbons (Fsp3) is 0.458. The number of esters is 1. The van der Waals surface area contributed by atoms with Gasteiger partial charge in [-0.15, -0.1) is 11.8 Å². The molecule has 0 atom stereocenters. The average Bonchev–Trinajstić information content (AvgIpc) is 2.71. The first-order chi connectivity index (χ1) is 14.2. The van der Waals surface area contributed by atoms with Crippen molar-refractivity contribution in [3.63, 3.8) is 0 Å². The predicted molar refractivity (Wildman–Crippen MR) is 127 cm³/mol. The molecule has 0 radical (unpaired) electrons. The minimum absolute atomic E-state index is 0.0126. The number of rotatable bonds is 4. The molecule has 0 saturated carbocycles. The van der Waals surface area contributed by atoms with E-state index in [-0.39, 0.29) is 23.4 Å². The summed E-state index contributed by atoms with van der Waals surface area (Å²) in [6.45, 7) is 14.3. The SMILES string of the molecule is CC.CCOC(=O)Cn1c2nc(C(C)(C)C)ccc2c(=O)c2ccc(C)c(SC)c21. The second kappa shape index (κ2) is 9.65. The smallest absolute Gasteiger partial charge is 0.326 e. The summed E-state index contributed by atoms with van der Waals surface area (Å²) in [5, 5.41) is 1.11. The van der Waals surface area contributed by atoms with E-state index in [1.807, 2.05) is 55.9 Å². The Hall–Kier alpha value is -2.34. The molecule has 0 bridgehead atoms. The van der Waals surface area contributed by atoms with Crippen molar-refractivity contribution in [2.75, 3.05) is 12.9 Å². The molecule has 0 amide bonds. The molecule has 1 aromatic carbocycles. The van der Waals surface area contributed by atoms with Crippen molar-refractivity contribution >= 4 is 39.7 Å². The number of carbonyl (C=O) groups excluding carboxylic acids is 1. The number of thioether (sulfide) groups is 1. The number of hydrogen-bond donors (Lipinski definition) is 0. The van der Waals surface area contributed by atoms with Gasteiger partial charge in [-0.2, -0.15) is 0 Å². The van der Waals surface area contributed by atoms with Crippen LogP contribution in [0.2, 0.25) is 0 Å². The Morgan fingerprint density at radius 2 is 1.77 bits per heavy atom. The molecular weight excluding hydrogens is 396 g/mol. The van der Waals surface area contributed by atoms with Gasteiger partial charge < -0.3 is 9.30 Å². The van der Waals surface area contributed by atoms with Crippen molar-refractivity contribution in [2.45, 2.75) is 65.3 Å². The number of carbonyl (C=O) groups is 1. The van der Waals surface area contributed by atoms with Crippen LogP contribution in [0.5, 0.6) is 0 Å². The first-order valence-electron chi connectivity index (χ1n) is 10.4. The largest absolute Gasteiger partial charge is 0.465 e. The maximum Gasteiger partial charge on any atom is 0.326 e. The molecule has 2 heterocycles. The number of fused-ring (bicyclic) bond motifs is 2. The van der Waals surface area contributed by atoms with Crippen molar-refractivity contribution in [1.29, 1.82) is 0 Å². The summed E-state index contributed by atoms with van der Waals surface area (Å²) in [5.74, 6) is -0.342. The number of nitrogens with zero attached hydrogens (tertiary/aromatic N) is 2. The Balaban J connectivity index is 0.00000155. The number of aryl methyl sites for hydroxylation is 1. The third-order valence-corrected chi connectivity index (χ3v) is 5.71. The van der Waals surface area contributed by atoms with Gasteiger partial charge in [0.05, 0.1) is 17.5 Å². The van der Waals surface area contributed by atoms with Crippen LogP contribution in [0.25, 0.3) is 21.9 Å². The summed E-state index contributed by atoms with van der Waals surface area (Å²) in [7, 11) is 0. The predicted octanol–water partition coefficient (Wildman–Crippen LogP) is 5.47. The van der Waals surface area contributed by atoms with Crippen molar-refractivity contribution in [1.82, 2.24) is 9.55 Å². The average molecular weight is 429 g/mol. The molecule has 0 aliphatic carbocycles. The normalized spacial score (nSPS) is 11.3. The lowest BCUT2D eigenvalue weighted by Gasteiger charge is -2.21. The third kappa shape index (κ3) is 4.53. The van der Waals surface area contributed by atoms with Crippen LogP contribution in [0, 0.1) is 6.92 Å². The molecule has 0 unspecified atom stereocenters. The van der Waals surface area contributed by atoms with Crippen LogP contribution in [0.15, 0.2) is 34.0 Å². The molecule has 0 fully saturated rings. The van der Waals surface area contributed by atoms with Gasteiger partial charge in [-0.1, -0.05) is 40.7 Å². The molecule has 3 rings (SSSR count). The van der Waals surface area contributed by atoms with E-state index < -0.39 is 0 Å². The summed E-state index contributed by atoms with van der Waals surface area (Å²) >= 11 is 1.57. The summed E-state index contributed by atoms with van der Waals surface area (Å²) in [4.78, 5) is 31.4. The summed E-state index contributed by atoms with van der Waals surface area (Å²) in [5.41, 5.74) is 2.96. The lowest BCUT2D eigenvalue weighted by atomic mass is 9.91. The first-order valence-corrected chi connectivity index (χ1v) is 11.6. The van der Waals surface area contributed by atoms with Crippen molar-refractivity contribution in [3.8, 4) is 0 Å². The molecule has 0 saturated heterocycles. The Labute approximate surface area is 182 Å². The fourth-order valence-electron chi connectivity index (χ4n) is 3.37. The highest BCUT2D eigenvalue weighted by Gasteiger charge is 2.21. The molecule has 0 aliphatic rings. The van der Waals surface area contributed by atoms with E-state index in [1.165, 1.54) is 0 Å². The number of ether oxygens (including phenoxy) is 1. The standard InChI is InChI=1S/C22H26N2O3S.C2H6/c1-7-27-17(25)12-24-18-14(9-8-13(2)20(18)28-6)19(26)15-10-11-16(22(3,4)5)23-21(15)24;1-2/h8-11H,7,12H2,1-6H3;1-2H3. The molecule has 0 N–H and O–H groups in total. The van der Waals surface area contributed by atoms with E-state index in [2.05, 4.69) is 20.8 Å². The van der Waals surface area contributed by atoms with Crippen LogP contribution in [0.3, 0.4) is 0 Å². The fourth-order valence-corrected chi connectivity index (χ4v) is 4.17. The van der Waals surface area contributed by atoms with Gasteiger partial charge in [0.15, 0.2) is 5.43 Å². The lowest BCUT2D eigenvalue weighted by molar-refractivity contribution is -0.143. The quantitative estimate of drug-likeness (QED) is 0.313. The third-order valence-electron chi connectivity index (χ3n) is 4.78. The molecule has 2 aromatic heterocycles. The highest BCUT2D eigenvalue weighted by atomic mass is 32.2. The minimum Gasteiger partial charge on any atom is -0.465 e. The van der Waals surface area contributed by atoms with E-state index in [0.29, 0.717) is 23.0 Å². The van der Waals surface area contributed by atoms with Gasteiger partial charge in [0.1, 0.15) is 12.2 Å². The Morgan fingerprint density at radius 3 is 2.33 bits per heavy atom. The summed E-state index contributed by atoms with van der Waals surface area (Å²) in [6, 6.07) is 7.51. The Bertz CT molecular complexity index is 1130. The number of pyridine rings is 2. The van der Waals surface area contributed by atoms with Crippen LogP contribution in [-0.4, -0.2) is 28.4 Å². The minimum atomic E-state index is -0.342. The Kier molecular flexibility index (Phi) is 7.70. The van der Waals surface area contributed by atoms with E-state index in [1.54, 1.807) is 18.7 Å². The van der Waals surface area contributed by atoms with E-state index in [9.17, 15) is 9.59 Å². The molecule has 6 heteroatoms. The second-order valence-corrected chi connectivity index (χ2v) is 8.67. The zero-order valence-electron chi connectivity index (χ0n) is 19.3. The van der Waals surface area contributed by atoms with Gasteiger partial charge in [0, 0.05) is 21.4 Å². The van der Waals surface area contributed by atoms with Gasteiger partial charge in [0.25, 0.3) is 0 Å². The monoisotopic (exact) mass is 428 g/mol. The molecule has 0 spiro atoms. The topological polar surface area (TPSA) is 61.2 Å². The summed E-state index contributed by atoms with van der Waals surface area (Å²) < 4.78 is 7.05. The lowest BCUT2D eigenvalue weighted by Crippen LogP contribution is -2.21. The van der Waals surface area contributed by atoms with E-state index in [0.717, 1.165) is 21.7 Å². The highest BCUT2D eigenvalue weighted by molar-refractivity contribution is 7.98. The molecule has 0 aliphatic heterocycles. The zero-order valence-corrected chi connectivity index (χ0v) is 20.1. The molecule has 5 nitrogen and oxygen atoms in total. The van der Waals surface area contributed by atoms with Crippen LogP contribution in [0.4, 0.5) is 0 Å². The van der Waals surface area contributed by atoms with E-state index in [4.69, 9.17) is 9.72 Å². The molecular formula is C24H32N2O3S. The Morgan fingerprint density at radius 1 is 1.13 bits per heavy atom. The van der Waals surface area contributed by atoms with E-state index >= 15 is 0 Å². The van der Waals surface area contributed by atoms with Crippen LogP contribution in [-0.2, 0) is 21.5 Å². The molecule has 30 heavy (non-hydrogen) atoms. The van der Waals surface area contributed by atoms with Crippen LogP contribution >= 0.6 is 11.8 Å². The van der Waals surface area contributed by atoms with Crippen LogP contribution < -0.4 is 5.43 Å². The molecule has 3 aromatic rings. The zero-order chi connectivity index (χ0) is 22.6. The van der Waals surface area contributed by atoms with Gasteiger partial charge in [-0.25, -0.2) is 4.98 Å². The van der Waals surface area contributed by atoms with Crippen molar-refractivity contribution < 1.29 is 9.53 Å². The van der Waals surface area contributed by atoms with Gasteiger partial charge in [0.2, 0.25) is 0 Å². The molecule has 162 valence electrons. The second-order valence-electron chi connectivity index (χ2n) is 7.85. The van der Waals surface area contributed by atoms with Crippen molar-refractivity contribution in [2.24, 2.45) is 0 Å². The number of aromatic nitrogens is 2. The first kappa shape index (κ1) is 23.9. The maximum atomic E-state index is 13.2. The maximum absolute atomic E-state index is 13.2. The van der Waals surface area contributed by atoms with Gasteiger partial charge in [-0.05, 0) is 43.9 Å².